The lowest BCUT2D eigenvalue weighted by Gasteiger charge is -2.07. The van der Waals surface area contributed by atoms with Crippen LogP contribution < -0.4 is 10.0 Å². The summed E-state index contributed by atoms with van der Waals surface area (Å²) in [6, 6.07) is 8.22. The van der Waals surface area contributed by atoms with Gasteiger partial charge in [-0.15, -0.1) is 0 Å². The highest BCUT2D eigenvalue weighted by Crippen LogP contribution is 2.09. The molecule has 1 aromatic carbocycles. The summed E-state index contributed by atoms with van der Waals surface area (Å²) in [6.45, 7) is 4.37. The van der Waals surface area contributed by atoms with Crippen LogP contribution in [-0.2, 0) is 16.4 Å². The van der Waals surface area contributed by atoms with Crippen molar-refractivity contribution in [2.45, 2.75) is 31.6 Å². The summed E-state index contributed by atoms with van der Waals surface area (Å²) < 4.78 is 31.6. The van der Waals surface area contributed by atoms with E-state index in [-0.39, 0.29) is 23.0 Å². The zero-order chi connectivity index (χ0) is 17.6. The molecule has 2 N–H and O–H groups in total. The summed E-state index contributed by atoms with van der Waals surface area (Å²) in [5.74, 6) is 0.311. The zero-order valence-corrected chi connectivity index (χ0v) is 14.5. The molecule has 1 heterocycles. The summed E-state index contributed by atoms with van der Waals surface area (Å²) in [4.78, 5) is 12.0. The molecule has 0 spiro atoms. The first-order valence-corrected chi connectivity index (χ1v) is 9.21. The van der Waals surface area contributed by atoms with Gasteiger partial charge in [0.05, 0.1) is 4.90 Å². The Hall–Kier alpha value is -2.19. The van der Waals surface area contributed by atoms with Gasteiger partial charge in [0, 0.05) is 25.6 Å². The predicted molar refractivity (Wildman–Crippen MR) is 89.2 cm³/mol. The molecule has 130 valence electrons. The van der Waals surface area contributed by atoms with Gasteiger partial charge in [-0.25, -0.2) is 13.1 Å². The van der Waals surface area contributed by atoms with Crippen LogP contribution in [0.2, 0.25) is 0 Å². The highest BCUT2D eigenvalue weighted by molar-refractivity contribution is 7.89. The number of amides is 1. The van der Waals surface area contributed by atoms with Gasteiger partial charge >= 0.3 is 0 Å². The molecular formula is C16H21N3O4S. The monoisotopic (exact) mass is 351 g/mol. The number of aromatic nitrogens is 1. The van der Waals surface area contributed by atoms with Gasteiger partial charge in [0.1, 0.15) is 5.76 Å². The fourth-order valence-corrected chi connectivity index (χ4v) is 3.05. The van der Waals surface area contributed by atoms with E-state index in [0.717, 1.165) is 5.56 Å². The Kier molecular flexibility index (Phi) is 6.10. The summed E-state index contributed by atoms with van der Waals surface area (Å²) >= 11 is 0. The minimum Gasteiger partial charge on any atom is -0.361 e. The largest absolute Gasteiger partial charge is 0.361 e. The summed E-state index contributed by atoms with van der Waals surface area (Å²) in [7, 11) is -3.52. The number of sulfonamides is 1. The van der Waals surface area contributed by atoms with E-state index in [1.807, 2.05) is 13.8 Å². The second-order valence-corrected chi connectivity index (χ2v) is 7.12. The molecular weight excluding hydrogens is 330 g/mol. The van der Waals surface area contributed by atoms with Crippen molar-refractivity contribution in [2.24, 2.45) is 0 Å². The average molecular weight is 351 g/mol. The number of carbonyl (C=O) groups excluding carboxylic acids is 1. The molecule has 0 aliphatic rings. The number of carbonyl (C=O) groups is 1. The SMILES string of the molecule is CCc1cc(C(=O)NCCCNS(=O)(=O)c2ccc(C)cc2)no1. The molecule has 0 saturated heterocycles. The topological polar surface area (TPSA) is 101 Å². The van der Waals surface area contributed by atoms with Crippen LogP contribution in [0.25, 0.3) is 0 Å². The number of nitrogens with zero attached hydrogens (tertiary/aromatic N) is 1. The van der Waals surface area contributed by atoms with E-state index >= 15 is 0 Å². The van der Waals surface area contributed by atoms with Gasteiger partial charge in [-0.3, -0.25) is 4.79 Å². The van der Waals surface area contributed by atoms with Gasteiger partial charge in [-0.05, 0) is 25.5 Å². The molecule has 1 aromatic heterocycles. The lowest BCUT2D eigenvalue weighted by atomic mass is 10.2. The fourth-order valence-electron chi connectivity index (χ4n) is 1.97. The van der Waals surface area contributed by atoms with Crippen LogP contribution in [-0.4, -0.2) is 32.6 Å². The standard InChI is InChI=1S/C16H21N3O4S/c1-3-13-11-15(19-23-13)16(20)17-9-4-10-18-24(21,22)14-7-5-12(2)6-8-14/h5-8,11,18H,3-4,9-10H2,1-2H3,(H,17,20). The Morgan fingerprint density at radius 2 is 1.92 bits per heavy atom. The third kappa shape index (κ3) is 4.90. The molecule has 0 unspecified atom stereocenters. The lowest BCUT2D eigenvalue weighted by molar-refractivity contribution is 0.0944. The molecule has 8 heteroatoms. The van der Waals surface area contributed by atoms with Gasteiger partial charge < -0.3 is 9.84 Å². The number of nitrogens with one attached hydrogen (secondary N) is 2. The van der Waals surface area contributed by atoms with Crippen LogP contribution in [0.5, 0.6) is 0 Å². The summed E-state index contributed by atoms with van der Waals surface area (Å²) in [6.07, 6.45) is 1.14. The molecule has 1 amide bonds. The van der Waals surface area contributed by atoms with Crippen LogP contribution in [0.4, 0.5) is 0 Å². The molecule has 2 aromatic rings. The Morgan fingerprint density at radius 1 is 1.21 bits per heavy atom. The van der Waals surface area contributed by atoms with E-state index in [1.54, 1.807) is 30.3 Å². The molecule has 2 rings (SSSR count). The van der Waals surface area contributed by atoms with Crippen molar-refractivity contribution in [2.75, 3.05) is 13.1 Å². The van der Waals surface area contributed by atoms with Crippen molar-refractivity contribution >= 4 is 15.9 Å². The quantitative estimate of drug-likeness (QED) is 0.704. The Bertz CT molecular complexity index is 782. The highest BCUT2D eigenvalue weighted by atomic mass is 32.2. The van der Waals surface area contributed by atoms with Crippen LogP contribution in [0.15, 0.2) is 39.8 Å². The smallest absolute Gasteiger partial charge is 0.273 e. The summed E-state index contributed by atoms with van der Waals surface area (Å²) in [5, 5.41) is 6.35. The molecule has 7 nitrogen and oxygen atoms in total. The van der Waals surface area contributed by atoms with E-state index in [0.29, 0.717) is 25.1 Å². The molecule has 0 atom stereocenters. The maximum Gasteiger partial charge on any atom is 0.273 e. The third-order valence-corrected chi connectivity index (χ3v) is 4.88. The van der Waals surface area contributed by atoms with Gasteiger partial charge in [0.15, 0.2) is 5.69 Å². The van der Waals surface area contributed by atoms with Crippen molar-refractivity contribution in [3.05, 3.63) is 47.3 Å². The second-order valence-electron chi connectivity index (χ2n) is 5.35. The van der Waals surface area contributed by atoms with Gasteiger partial charge in [0.25, 0.3) is 5.91 Å². The van der Waals surface area contributed by atoms with E-state index in [2.05, 4.69) is 15.2 Å². The van der Waals surface area contributed by atoms with Crippen molar-refractivity contribution in [3.63, 3.8) is 0 Å². The van der Waals surface area contributed by atoms with Crippen molar-refractivity contribution < 1.29 is 17.7 Å². The number of aryl methyl sites for hydroxylation is 2. The van der Waals surface area contributed by atoms with Crippen LogP contribution in [0, 0.1) is 6.92 Å². The third-order valence-electron chi connectivity index (χ3n) is 3.40. The fraction of sp³-hybridized carbons (Fsp3) is 0.375. The van der Waals surface area contributed by atoms with E-state index in [4.69, 9.17) is 4.52 Å². The number of hydrogen-bond acceptors (Lipinski definition) is 5. The number of rotatable bonds is 8. The molecule has 24 heavy (non-hydrogen) atoms. The zero-order valence-electron chi connectivity index (χ0n) is 13.7. The van der Waals surface area contributed by atoms with E-state index < -0.39 is 10.0 Å². The molecule has 0 radical (unpaired) electrons. The minimum atomic E-state index is -3.52. The molecule has 0 fully saturated rings. The average Bonchev–Trinajstić information content (AvgIpc) is 3.04. The lowest BCUT2D eigenvalue weighted by Crippen LogP contribution is -2.30. The predicted octanol–water partition coefficient (Wildman–Crippen LogP) is 1.64. The van der Waals surface area contributed by atoms with Gasteiger partial charge in [-0.2, -0.15) is 0 Å². The molecule has 0 saturated carbocycles. The summed E-state index contributed by atoms with van der Waals surface area (Å²) in [5.41, 5.74) is 1.22. The first kappa shape index (κ1) is 18.2. The van der Waals surface area contributed by atoms with Crippen molar-refractivity contribution in [1.82, 2.24) is 15.2 Å². The minimum absolute atomic E-state index is 0.229. The molecule has 0 aliphatic heterocycles. The molecule has 0 aliphatic carbocycles. The Labute approximate surface area is 141 Å². The Morgan fingerprint density at radius 3 is 2.54 bits per heavy atom. The maximum absolute atomic E-state index is 12.1. The van der Waals surface area contributed by atoms with Gasteiger partial charge in [-0.1, -0.05) is 29.8 Å². The molecule has 0 bridgehead atoms. The first-order valence-electron chi connectivity index (χ1n) is 7.72. The van der Waals surface area contributed by atoms with Gasteiger partial charge in [0.2, 0.25) is 10.0 Å². The maximum atomic E-state index is 12.1. The van der Waals surface area contributed by atoms with Crippen molar-refractivity contribution in [3.8, 4) is 0 Å². The van der Waals surface area contributed by atoms with Crippen LogP contribution >= 0.6 is 0 Å². The van der Waals surface area contributed by atoms with Crippen molar-refractivity contribution in [1.29, 1.82) is 0 Å². The van der Waals surface area contributed by atoms with E-state index in [1.165, 1.54) is 0 Å². The Balaban J connectivity index is 1.74. The van der Waals surface area contributed by atoms with Crippen LogP contribution in [0.1, 0.15) is 35.2 Å². The highest BCUT2D eigenvalue weighted by Gasteiger charge is 2.13. The normalized spacial score (nSPS) is 11.4. The van der Waals surface area contributed by atoms with Crippen LogP contribution in [0.3, 0.4) is 0 Å². The van der Waals surface area contributed by atoms with E-state index in [9.17, 15) is 13.2 Å². The first-order chi connectivity index (χ1) is 11.4. The second kappa shape index (κ2) is 8.07. The number of hydrogen-bond donors (Lipinski definition) is 2. The number of benzene rings is 1.